The van der Waals surface area contributed by atoms with Crippen molar-refractivity contribution in [3.63, 3.8) is 0 Å². The van der Waals surface area contributed by atoms with Gasteiger partial charge in [0.2, 0.25) is 0 Å². The van der Waals surface area contributed by atoms with Gasteiger partial charge in [-0.2, -0.15) is 0 Å². The molecule has 0 unspecified atom stereocenters. The third kappa shape index (κ3) is 3.27. The SMILES string of the molecule is COc1ccc(N2CC[NH+]([C@@H](C[NH3+])c3cccs3)CC2)cc1. The molecule has 0 bridgehead atoms. The van der Waals surface area contributed by atoms with E-state index in [1.807, 2.05) is 23.5 Å². The van der Waals surface area contributed by atoms with Crippen LogP contribution < -0.4 is 20.3 Å². The summed E-state index contributed by atoms with van der Waals surface area (Å²) in [6, 6.07) is 13.3. The van der Waals surface area contributed by atoms with Crippen LogP contribution in [0.3, 0.4) is 0 Å². The fraction of sp³-hybridized carbons (Fsp3) is 0.412. The number of hydrogen-bond donors (Lipinski definition) is 2. The van der Waals surface area contributed by atoms with Crippen LogP contribution in [0.25, 0.3) is 0 Å². The highest BCUT2D eigenvalue weighted by atomic mass is 32.1. The van der Waals surface area contributed by atoms with Crippen molar-refractivity contribution < 1.29 is 15.4 Å². The molecule has 4 N–H and O–H groups in total. The average Bonchev–Trinajstić information content (AvgIpc) is 3.11. The van der Waals surface area contributed by atoms with E-state index in [4.69, 9.17) is 4.74 Å². The summed E-state index contributed by atoms with van der Waals surface area (Å²) >= 11 is 1.86. The molecule has 1 saturated heterocycles. The summed E-state index contributed by atoms with van der Waals surface area (Å²) in [4.78, 5) is 5.61. The number of methoxy groups -OCH3 is 1. The van der Waals surface area contributed by atoms with Crippen molar-refractivity contribution in [3.8, 4) is 5.75 Å². The monoisotopic (exact) mass is 319 g/mol. The van der Waals surface area contributed by atoms with Crippen LogP contribution in [0.5, 0.6) is 5.75 Å². The van der Waals surface area contributed by atoms with Crippen LogP contribution in [-0.4, -0.2) is 39.8 Å². The number of hydrogen-bond acceptors (Lipinski definition) is 3. The summed E-state index contributed by atoms with van der Waals surface area (Å²) < 4.78 is 5.23. The zero-order chi connectivity index (χ0) is 15.4. The second kappa shape index (κ2) is 7.13. The molecule has 4 nitrogen and oxygen atoms in total. The lowest BCUT2D eigenvalue weighted by Crippen LogP contribution is -3.16. The van der Waals surface area contributed by atoms with E-state index in [9.17, 15) is 0 Å². The Kier molecular flexibility index (Phi) is 4.97. The fourth-order valence-corrected chi connectivity index (χ4v) is 4.15. The van der Waals surface area contributed by atoms with Gasteiger partial charge in [-0.15, -0.1) is 11.3 Å². The molecule has 1 aromatic heterocycles. The summed E-state index contributed by atoms with van der Waals surface area (Å²) in [7, 11) is 1.71. The molecule has 22 heavy (non-hydrogen) atoms. The Morgan fingerprint density at radius 2 is 1.95 bits per heavy atom. The number of quaternary nitrogens is 2. The molecular weight excluding hydrogens is 294 g/mol. The predicted octanol–water partition coefficient (Wildman–Crippen LogP) is 0.445. The summed E-state index contributed by atoms with van der Waals surface area (Å²) in [6.45, 7) is 5.51. The molecule has 0 aliphatic carbocycles. The van der Waals surface area contributed by atoms with Gasteiger partial charge in [-0.25, -0.2) is 0 Å². The number of ether oxygens (including phenoxy) is 1. The van der Waals surface area contributed by atoms with Crippen LogP contribution in [0.4, 0.5) is 5.69 Å². The summed E-state index contributed by atoms with van der Waals surface area (Å²) in [5.41, 5.74) is 5.47. The van der Waals surface area contributed by atoms with Crippen molar-refractivity contribution in [3.05, 3.63) is 46.7 Å². The van der Waals surface area contributed by atoms with E-state index in [-0.39, 0.29) is 0 Å². The minimum atomic E-state index is 0.554. The Labute approximate surface area is 136 Å². The van der Waals surface area contributed by atoms with Gasteiger partial charge in [0.15, 0.2) is 6.04 Å². The molecule has 2 aromatic rings. The molecule has 0 amide bonds. The molecule has 1 aromatic carbocycles. The van der Waals surface area contributed by atoms with Crippen LogP contribution in [0, 0.1) is 0 Å². The lowest BCUT2D eigenvalue weighted by Gasteiger charge is -2.36. The first-order valence-corrected chi connectivity index (χ1v) is 8.76. The zero-order valence-electron chi connectivity index (χ0n) is 13.1. The molecular formula is C17H25N3OS+2. The number of benzene rings is 1. The highest BCUT2D eigenvalue weighted by Crippen LogP contribution is 2.20. The average molecular weight is 319 g/mol. The number of nitrogens with one attached hydrogen (secondary N) is 1. The largest absolute Gasteiger partial charge is 0.497 e. The van der Waals surface area contributed by atoms with Gasteiger partial charge in [0, 0.05) is 5.69 Å². The van der Waals surface area contributed by atoms with Gasteiger partial charge in [-0.05, 0) is 35.7 Å². The van der Waals surface area contributed by atoms with E-state index in [2.05, 4.69) is 40.3 Å². The second-order valence-electron chi connectivity index (χ2n) is 5.70. The van der Waals surface area contributed by atoms with Crippen molar-refractivity contribution in [2.24, 2.45) is 0 Å². The standard InChI is InChI=1S/C17H23N3OS/c1-21-15-6-4-14(5-7-15)19-8-10-20(11-9-19)16(13-18)17-3-2-12-22-17/h2-7,12,16H,8-11,13,18H2,1H3/p+2/t16-/m0/s1. The van der Waals surface area contributed by atoms with Gasteiger partial charge in [0.25, 0.3) is 0 Å². The Balaban J connectivity index is 1.61. The van der Waals surface area contributed by atoms with Crippen molar-refractivity contribution in [2.75, 3.05) is 44.7 Å². The van der Waals surface area contributed by atoms with E-state index in [1.54, 1.807) is 12.0 Å². The quantitative estimate of drug-likeness (QED) is 0.840. The zero-order valence-corrected chi connectivity index (χ0v) is 13.9. The molecule has 1 aliphatic heterocycles. The predicted molar refractivity (Wildman–Crippen MR) is 90.7 cm³/mol. The Morgan fingerprint density at radius 3 is 2.50 bits per heavy atom. The molecule has 0 radical (unpaired) electrons. The summed E-state index contributed by atoms with van der Waals surface area (Å²) in [5, 5.41) is 2.17. The van der Waals surface area contributed by atoms with E-state index in [0.29, 0.717) is 6.04 Å². The maximum Gasteiger partial charge on any atom is 0.172 e. The second-order valence-corrected chi connectivity index (χ2v) is 6.68. The molecule has 2 heterocycles. The van der Waals surface area contributed by atoms with Crippen molar-refractivity contribution in [1.82, 2.24) is 0 Å². The van der Waals surface area contributed by atoms with Crippen molar-refractivity contribution in [1.29, 1.82) is 0 Å². The van der Waals surface area contributed by atoms with Gasteiger partial charge >= 0.3 is 0 Å². The normalized spacial score (nSPS) is 17.5. The first-order valence-electron chi connectivity index (χ1n) is 7.88. The number of piperazine rings is 1. The molecule has 1 fully saturated rings. The maximum absolute atomic E-state index is 5.23. The van der Waals surface area contributed by atoms with Gasteiger partial charge in [-0.3, -0.25) is 0 Å². The first-order chi connectivity index (χ1) is 10.8. The topological polar surface area (TPSA) is 44.5 Å². The Morgan fingerprint density at radius 1 is 1.23 bits per heavy atom. The van der Waals surface area contributed by atoms with E-state index in [1.165, 1.54) is 23.7 Å². The van der Waals surface area contributed by atoms with Crippen LogP contribution in [0.1, 0.15) is 10.9 Å². The minimum Gasteiger partial charge on any atom is -0.497 e. The van der Waals surface area contributed by atoms with Crippen LogP contribution in [0.2, 0.25) is 0 Å². The summed E-state index contributed by atoms with van der Waals surface area (Å²) in [6.07, 6.45) is 0. The molecule has 118 valence electrons. The Bertz CT molecular complexity index is 562. The number of nitrogens with zero attached hydrogens (tertiary/aromatic N) is 1. The van der Waals surface area contributed by atoms with Crippen LogP contribution in [-0.2, 0) is 0 Å². The number of anilines is 1. The van der Waals surface area contributed by atoms with Gasteiger partial charge in [0.05, 0.1) is 38.2 Å². The molecule has 0 spiro atoms. The molecule has 1 atom stereocenters. The van der Waals surface area contributed by atoms with Gasteiger partial charge in [-0.1, -0.05) is 6.07 Å². The lowest BCUT2D eigenvalue weighted by molar-refractivity contribution is -0.937. The minimum absolute atomic E-state index is 0.554. The third-order valence-corrected chi connectivity index (χ3v) is 5.50. The Hall–Kier alpha value is -1.56. The first kappa shape index (κ1) is 15.3. The van der Waals surface area contributed by atoms with E-state index < -0.39 is 0 Å². The van der Waals surface area contributed by atoms with Gasteiger partial charge < -0.3 is 20.3 Å². The van der Waals surface area contributed by atoms with E-state index in [0.717, 1.165) is 25.4 Å². The molecule has 0 saturated carbocycles. The van der Waals surface area contributed by atoms with Crippen molar-refractivity contribution >= 4 is 17.0 Å². The summed E-state index contributed by atoms with van der Waals surface area (Å²) in [5.74, 6) is 0.919. The number of rotatable bonds is 5. The van der Waals surface area contributed by atoms with E-state index >= 15 is 0 Å². The highest BCUT2D eigenvalue weighted by molar-refractivity contribution is 7.10. The van der Waals surface area contributed by atoms with Crippen LogP contribution >= 0.6 is 11.3 Å². The maximum atomic E-state index is 5.23. The lowest BCUT2D eigenvalue weighted by atomic mass is 10.1. The molecule has 1 aliphatic rings. The number of thiophene rings is 1. The van der Waals surface area contributed by atoms with Gasteiger partial charge in [0.1, 0.15) is 12.3 Å². The van der Waals surface area contributed by atoms with Crippen molar-refractivity contribution in [2.45, 2.75) is 6.04 Å². The smallest absolute Gasteiger partial charge is 0.172 e. The molecule has 3 rings (SSSR count). The van der Waals surface area contributed by atoms with Crippen LogP contribution in [0.15, 0.2) is 41.8 Å². The molecule has 5 heteroatoms. The highest BCUT2D eigenvalue weighted by Gasteiger charge is 2.29. The third-order valence-electron chi connectivity index (χ3n) is 4.51. The fourth-order valence-electron chi connectivity index (χ4n) is 3.23.